The van der Waals surface area contributed by atoms with E-state index in [-0.39, 0.29) is 5.54 Å². The van der Waals surface area contributed by atoms with Gasteiger partial charge in [0, 0.05) is 23.3 Å². The number of benzene rings is 1. The highest BCUT2D eigenvalue weighted by Crippen LogP contribution is 2.29. The topological polar surface area (TPSA) is 41.0 Å². The Hall–Kier alpha value is -2.42. The number of fused-ring (bicyclic) bond motifs is 2. The monoisotopic (exact) mass is 275 g/mol. The van der Waals surface area contributed by atoms with Gasteiger partial charge in [-0.15, -0.1) is 0 Å². The Kier molecular flexibility index (Phi) is 2.52. The second-order valence-corrected chi connectivity index (χ2v) is 6.24. The van der Waals surface area contributed by atoms with Crippen LogP contribution in [0.25, 0.3) is 10.9 Å². The molecule has 1 aliphatic rings. The van der Waals surface area contributed by atoms with Gasteiger partial charge in [0.05, 0.1) is 22.5 Å². The fraction of sp³-hybridized carbons (Fsp3) is 0.222. The lowest BCUT2D eigenvalue weighted by atomic mass is 9.89. The molecule has 0 unspecified atom stereocenters. The molecule has 3 nitrogen and oxygen atoms in total. The summed E-state index contributed by atoms with van der Waals surface area (Å²) in [6.07, 6.45) is 4.89. The highest BCUT2D eigenvalue weighted by Gasteiger charge is 2.28. The van der Waals surface area contributed by atoms with E-state index in [1.807, 2.05) is 30.6 Å². The van der Waals surface area contributed by atoms with Crippen molar-refractivity contribution in [1.29, 1.82) is 0 Å². The van der Waals surface area contributed by atoms with Crippen LogP contribution in [0.4, 0.5) is 0 Å². The minimum atomic E-state index is -0.0732. The Morgan fingerprint density at radius 3 is 2.90 bits per heavy atom. The maximum atomic E-state index is 4.95. The number of pyridine rings is 1. The van der Waals surface area contributed by atoms with Crippen molar-refractivity contribution in [1.82, 2.24) is 9.97 Å². The first-order valence-electron chi connectivity index (χ1n) is 7.24. The number of rotatable bonds is 1. The first kappa shape index (κ1) is 12.3. The fourth-order valence-corrected chi connectivity index (χ4v) is 3.04. The van der Waals surface area contributed by atoms with E-state index in [4.69, 9.17) is 4.99 Å². The molecule has 3 heteroatoms. The summed E-state index contributed by atoms with van der Waals surface area (Å²) < 4.78 is 0. The van der Waals surface area contributed by atoms with Crippen molar-refractivity contribution in [2.24, 2.45) is 4.99 Å². The second-order valence-electron chi connectivity index (χ2n) is 6.24. The third-order valence-electron chi connectivity index (χ3n) is 3.97. The standard InChI is InChI=1S/C18H17N3/c1-18(2)10-13-7-8-19-16(13)17(21-18)14-9-12-5-3-4-6-15(12)20-11-14/h3-9,11,19H,10H2,1-2H3. The molecule has 0 saturated carbocycles. The van der Waals surface area contributed by atoms with Crippen LogP contribution in [-0.4, -0.2) is 21.2 Å². The number of nitrogens with one attached hydrogen (secondary N) is 1. The molecule has 3 heterocycles. The van der Waals surface area contributed by atoms with Crippen molar-refractivity contribution in [2.75, 3.05) is 0 Å². The van der Waals surface area contributed by atoms with Crippen molar-refractivity contribution >= 4 is 16.6 Å². The lowest BCUT2D eigenvalue weighted by Crippen LogP contribution is -2.29. The largest absolute Gasteiger partial charge is 0.360 e. The van der Waals surface area contributed by atoms with Gasteiger partial charge < -0.3 is 4.98 Å². The van der Waals surface area contributed by atoms with Gasteiger partial charge in [-0.3, -0.25) is 9.98 Å². The van der Waals surface area contributed by atoms with Crippen molar-refractivity contribution < 1.29 is 0 Å². The van der Waals surface area contributed by atoms with Crippen LogP contribution >= 0.6 is 0 Å². The molecular formula is C18H17N3. The highest BCUT2D eigenvalue weighted by molar-refractivity contribution is 6.14. The molecule has 0 atom stereocenters. The molecule has 0 amide bonds. The third-order valence-corrected chi connectivity index (χ3v) is 3.97. The van der Waals surface area contributed by atoms with Crippen LogP contribution in [0.15, 0.2) is 53.8 Å². The molecule has 0 radical (unpaired) electrons. The van der Waals surface area contributed by atoms with Gasteiger partial charge in [0.25, 0.3) is 0 Å². The van der Waals surface area contributed by atoms with Gasteiger partial charge in [-0.1, -0.05) is 18.2 Å². The Morgan fingerprint density at radius 2 is 2.00 bits per heavy atom. The molecule has 0 saturated heterocycles. The predicted molar refractivity (Wildman–Crippen MR) is 86.0 cm³/mol. The van der Waals surface area contributed by atoms with Gasteiger partial charge in [0.1, 0.15) is 0 Å². The van der Waals surface area contributed by atoms with Crippen LogP contribution < -0.4 is 0 Å². The lowest BCUT2D eigenvalue weighted by Gasteiger charge is -2.27. The summed E-state index contributed by atoms with van der Waals surface area (Å²) in [6.45, 7) is 4.36. The number of aromatic nitrogens is 2. The van der Waals surface area contributed by atoms with Gasteiger partial charge in [-0.25, -0.2) is 0 Å². The van der Waals surface area contributed by atoms with E-state index >= 15 is 0 Å². The van der Waals surface area contributed by atoms with Crippen molar-refractivity contribution in [3.8, 4) is 0 Å². The summed E-state index contributed by atoms with van der Waals surface area (Å²) in [7, 11) is 0. The zero-order valence-corrected chi connectivity index (χ0v) is 12.2. The molecule has 0 fully saturated rings. The van der Waals surface area contributed by atoms with Crippen LogP contribution in [0.2, 0.25) is 0 Å². The zero-order chi connectivity index (χ0) is 14.4. The summed E-state index contributed by atoms with van der Waals surface area (Å²) in [5.41, 5.74) is 5.50. The number of hydrogen-bond donors (Lipinski definition) is 1. The van der Waals surface area contributed by atoms with Crippen molar-refractivity contribution in [2.45, 2.75) is 25.8 Å². The second kappa shape index (κ2) is 4.29. The molecule has 1 aliphatic heterocycles. The number of para-hydroxylation sites is 1. The Balaban J connectivity index is 1.92. The fourth-order valence-electron chi connectivity index (χ4n) is 3.04. The molecule has 0 bridgehead atoms. The molecule has 3 aromatic rings. The number of H-pyrrole nitrogens is 1. The first-order chi connectivity index (χ1) is 10.1. The van der Waals surface area contributed by atoms with E-state index in [0.717, 1.165) is 34.3 Å². The SMILES string of the molecule is CC1(C)Cc2cc[nH]c2C(c2cnc3ccccc3c2)=N1. The molecule has 1 N–H and O–H groups in total. The summed E-state index contributed by atoms with van der Waals surface area (Å²) in [4.78, 5) is 12.9. The van der Waals surface area contributed by atoms with E-state index in [1.165, 1.54) is 5.56 Å². The number of aromatic amines is 1. The number of nitrogens with zero attached hydrogens (tertiary/aromatic N) is 2. The highest BCUT2D eigenvalue weighted by atomic mass is 14.9. The molecule has 104 valence electrons. The first-order valence-corrected chi connectivity index (χ1v) is 7.24. The third kappa shape index (κ3) is 2.05. The van der Waals surface area contributed by atoms with Gasteiger partial charge in [0.2, 0.25) is 0 Å². The maximum absolute atomic E-state index is 4.95. The summed E-state index contributed by atoms with van der Waals surface area (Å²) in [5.74, 6) is 0. The molecule has 0 aliphatic carbocycles. The minimum absolute atomic E-state index is 0.0732. The molecule has 4 rings (SSSR count). The normalized spacial score (nSPS) is 16.6. The smallest absolute Gasteiger partial charge is 0.0906 e. The minimum Gasteiger partial charge on any atom is -0.360 e. The Bertz CT molecular complexity index is 856. The predicted octanol–water partition coefficient (Wildman–Crippen LogP) is 3.74. The molecule has 21 heavy (non-hydrogen) atoms. The van der Waals surface area contributed by atoms with Crippen LogP contribution in [0, 0.1) is 0 Å². The van der Waals surface area contributed by atoms with Crippen LogP contribution in [0.5, 0.6) is 0 Å². The zero-order valence-electron chi connectivity index (χ0n) is 12.2. The number of hydrogen-bond acceptors (Lipinski definition) is 2. The van der Waals surface area contributed by atoms with E-state index in [9.17, 15) is 0 Å². The van der Waals surface area contributed by atoms with Gasteiger partial charge in [-0.2, -0.15) is 0 Å². The van der Waals surface area contributed by atoms with E-state index in [2.05, 4.69) is 42.0 Å². The maximum Gasteiger partial charge on any atom is 0.0906 e. The molecule has 1 aromatic carbocycles. The quantitative estimate of drug-likeness (QED) is 0.722. The molecule has 2 aromatic heterocycles. The summed E-state index contributed by atoms with van der Waals surface area (Å²) >= 11 is 0. The van der Waals surface area contributed by atoms with Crippen LogP contribution in [-0.2, 0) is 6.42 Å². The molecule has 0 spiro atoms. The van der Waals surface area contributed by atoms with E-state index in [1.54, 1.807) is 0 Å². The average Bonchev–Trinajstić information content (AvgIpc) is 2.92. The van der Waals surface area contributed by atoms with E-state index < -0.39 is 0 Å². The lowest BCUT2D eigenvalue weighted by molar-refractivity contribution is 0.513. The van der Waals surface area contributed by atoms with Gasteiger partial charge >= 0.3 is 0 Å². The summed E-state index contributed by atoms with van der Waals surface area (Å²) in [5, 5.41) is 1.15. The summed E-state index contributed by atoms with van der Waals surface area (Å²) in [6, 6.07) is 12.5. The Labute approximate surface area is 123 Å². The van der Waals surface area contributed by atoms with Crippen LogP contribution in [0.3, 0.4) is 0 Å². The average molecular weight is 275 g/mol. The number of aliphatic imine (C=N–C) groups is 1. The molecular weight excluding hydrogens is 258 g/mol. The van der Waals surface area contributed by atoms with Crippen molar-refractivity contribution in [3.05, 3.63) is 65.6 Å². The van der Waals surface area contributed by atoms with Gasteiger partial charge in [0.15, 0.2) is 0 Å². The Morgan fingerprint density at radius 1 is 1.14 bits per heavy atom. The van der Waals surface area contributed by atoms with E-state index in [0.29, 0.717) is 0 Å². The van der Waals surface area contributed by atoms with Crippen LogP contribution in [0.1, 0.15) is 30.7 Å². The van der Waals surface area contributed by atoms with Crippen molar-refractivity contribution in [3.63, 3.8) is 0 Å². The van der Waals surface area contributed by atoms with Gasteiger partial charge in [-0.05, 0) is 44.0 Å².